The monoisotopic (exact) mass is 289 g/mol. The molecule has 108 valence electrons. The van der Waals surface area contributed by atoms with Crippen molar-refractivity contribution in [2.75, 3.05) is 34.5 Å². The molecule has 7 heteroatoms. The molecule has 0 spiro atoms. The van der Waals surface area contributed by atoms with Crippen LogP contribution in [0.15, 0.2) is 17.0 Å². The number of nitrogens with one attached hydrogen (secondary N) is 1. The quantitative estimate of drug-likeness (QED) is 0.756. The van der Waals surface area contributed by atoms with Crippen molar-refractivity contribution in [1.82, 2.24) is 4.72 Å². The zero-order valence-electron chi connectivity index (χ0n) is 11.5. The van der Waals surface area contributed by atoms with Crippen LogP contribution in [0.3, 0.4) is 0 Å². The van der Waals surface area contributed by atoms with E-state index >= 15 is 0 Å². The Balaban J connectivity index is 3.16. The number of methoxy groups -OCH3 is 3. The lowest BCUT2D eigenvalue weighted by Gasteiger charge is -2.15. The largest absolute Gasteiger partial charge is 0.496 e. The fourth-order valence-corrected chi connectivity index (χ4v) is 2.93. The van der Waals surface area contributed by atoms with Gasteiger partial charge in [0.25, 0.3) is 0 Å². The van der Waals surface area contributed by atoms with Crippen LogP contribution in [0.5, 0.6) is 11.5 Å². The van der Waals surface area contributed by atoms with E-state index in [4.69, 9.17) is 14.2 Å². The van der Waals surface area contributed by atoms with Crippen LogP contribution in [-0.4, -0.2) is 42.9 Å². The van der Waals surface area contributed by atoms with Crippen molar-refractivity contribution in [1.29, 1.82) is 0 Å². The molecule has 0 fully saturated rings. The van der Waals surface area contributed by atoms with E-state index in [1.165, 1.54) is 27.4 Å². The molecule has 0 saturated carbocycles. The molecule has 0 aliphatic carbocycles. The number of sulfonamides is 1. The predicted molar refractivity (Wildman–Crippen MR) is 71.3 cm³/mol. The van der Waals surface area contributed by atoms with E-state index in [1.54, 1.807) is 13.0 Å². The number of benzene rings is 1. The maximum atomic E-state index is 12.2. The Labute approximate surface area is 113 Å². The second-order valence-corrected chi connectivity index (χ2v) is 5.55. The third kappa shape index (κ3) is 3.59. The fraction of sp³-hybridized carbons (Fsp3) is 0.500. The summed E-state index contributed by atoms with van der Waals surface area (Å²) in [5, 5.41) is 0. The Morgan fingerprint density at radius 2 is 1.84 bits per heavy atom. The van der Waals surface area contributed by atoms with Crippen LogP contribution < -0.4 is 14.2 Å². The number of ether oxygens (including phenoxy) is 3. The fourth-order valence-electron chi connectivity index (χ4n) is 1.69. The molecule has 0 amide bonds. The van der Waals surface area contributed by atoms with E-state index in [0.29, 0.717) is 17.9 Å². The van der Waals surface area contributed by atoms with Crippen LogP contribution in [0.2, 0.25) is 0 Å². The van der Waals surface area contributed by atoms with Gasteiger partial charge >= 0.3 is 0 Å². The summed E-state index contributed by atoms with van der Waals surface area (Å²) >= 11 is 0. The lowest BCUT2D eigenvalue weighted by molar-refractivity contribution is 0.204. The van der Waals surface area contributed by atoms with Gasteiger partial charge in [-0.2, -0.15) is 0 Å². The highest BCUT2D eigenvalue weighted by Gasteiger charge is 2.22. The van der Waals surface area contributed by atoms with Crippen LogP contribution in [0.1, 0.15) is 5.56 Å². The van der Waals surface area contributed by atoms with Gasteiger partial charge in [-0.15, -0.1) is 0 Å². The molecular formula is C12H19NO5S. The van der Waals surface area contributed by atoms with Crippen LogP contribution in [0, 0.1) is 6.92 Å². The maximum Gasteiger partial charge on any atom is 0.244 e. The number of hydrogen-bond acceptors (Lipinski definition) is 5. The minimum atomic E-state index is -3.63. The molecule has 1 aromatic rings. The molecule has 1 N–H and O–H groups in total. The van der Waals surface area contributed by atoms with Gasteiger partial charge in [0.15, 0.2) is 0 Å². The molecule has 19 heavy (non-hydrogen) atoms. The Kier molecular flexibility index (Phi) is 5.59. The number of hydrogen-bond donors (Lipinski definition) is 1. The predicted octanol–water partition coefficient (Wildman–Crippen LogP) is 0.937. The summed E-state index contributed by atoms with van der Waals surface area (Å²) in [6.07, 6.45) is 0. The van der Waals surface area contributed by atoms with Crippen molar-refractivity contribution in [3.63, 3.8) is 0 Å². The molecule has 0 aliphatic heterocycles. The molecule has 0 aliphatic rings. The average Bonchev–Trinajstić information content (AvgIpc) is 2.38. The van der Waals surface area contributed by atoms with Gasteiger partial charge in [0, 0.05) is 19.2 Å². The highest BCUT2D eigenvalue weighted by atomic mass is 32.2. The van der Waals surface area contributed by atoms with Crippen molar-refractivity contribution in [3.05, 3.63) is 17.7 Å². The van der Waals surface area contributed by atoms with Gasteiger partial charge in [-0.1, -0.05) is 0 Å². The second kappa shape index (κ2) is 6.74. The van der Waals surface area contributed by atoms with E-state index in [0.717, 1.165) is 0 Å². The molecule has 0 radical (unpaired) electrons. The molecule has 1 aromatic carbocycles. The summed E-state index contributed by atoms with van der Waals surface area (Å²) in [4.78, 5) is 0.0874. The lowest BCUT2D eigenvalue weighted by atomic mass is 10.2. The highest BCUT2D eigenvalue weighted by molar-refractivity contribution is 7.89. The standard InChI is InChI=1S/C12H19NO5S/c1-9-10(17-3)5-6-11(12(9)18-4)19(14,15)13-7-8-16-2/h5-6,13H,7-8H2,1-4H3. The molecule has 6 nitrogen and oxygen atoms in total. The molecule has 1 rings (SSSR count). The third-order valence-corrected chi connectivity index (χ3v) is 4.12. The van der Waals surface area contributed by atoms with Crippen molar-refractivity contribution >= 4 is 10.0 Å². The summed E-state index contributed by atoms with van der Waals surface area (Å²) in [5.41, 5.74) is 0.639. The summed E-state index contributed by atoms with van der Waals surface area (Å²) < 4.78 is 41.9. The topological polar surface area (TPSA) is 73.9 Å². The lowest BCUT2D eigenvalue weighted by Crippen LogP contribution is -2.27. The van der Waals surface area contributed by atoms with Crippen molar-refractivity contribution in [3.8, 4) is 11.5 Å². The molecule has 0 saturated heterocycles. The van der Waals surface area contributed by atoms with Crippen LogP contribution in [-0.2, 0) is 14.8 Å². The molecule has 0 aromatic heterocycles. The zero-order valence-corrected chi connectivity index (χ0v) is 12.3. The first-order chi connectivity index (χ1) is 8.97. The van der Waals surface area contributed by atoms with Crippen molar-refractivity contribution in [2.45, 2.75) is 11.8 Å². The Morgan fingerprint density at radius 1 is 1.16 bits per heavy atom. The second-order valence-electron chi connectivity index (χ2n) is 3.81. The van der Waals surface area contributed by atoms with Gasteiger partial charge in [-0.25, -0.2) is 13.1 Å². The zero-order chi connectivity index (χ0) is 14.5. The van der Waals surface area contributed by atoms with Crippen LogP contribution >= 0.6 is 0 Å². The van der Waals surface area contributed by atoms with E-state index in [1.807, 2.05) is 0 Å². The normalized spacial score (nSPS) is 11.4. The van der Waals surface area contributed by atoms with E-state index in [9.17, 15) is 8.42 Å². The van der Waals surface area contributed by atoms with Gasteiger partial charge in [-0.3, -0.25) is 0 Å². The van der Waals surface area contributed by atoms with Gasteiger partial charge < -0.3 is 14.2 Å². The smallest absolute Gasteiger partial charge is 0.244 e. The number of rotatable bonds is 7. The van der Waals surface area contributed by atoms with Crippen LogP contribution in [0.4, 0.5) is 0 Å². The van der Waals surface area contributed by atoms with Crippen LogP contribution in [0.25, 0.3) is 0 Å². The van der Waals surface area contributed by atoms with Crippen molar-refractivity contribution in [2.24, 2.45) is 0 Å². The Hall–Kier alpha value is -1.31. The Morgan fingerprint density at radius 3 is 2.37 bits per heavy atom. The third-order valence-electron chi connectivity index (χ3n) is 2.63. The summed E-state index contributed by atoms with van der Waals surface area (Å²) in [5.74, 6) is 0.858. The minimum absolute atomic E-state index is 0.0874. The van der Waals surface area contributed by atoms with E-state index in [-0.39, 0.29) is 17.2 Å². The molecule has 0 atom stereocenters. The first-order valence-electron chi connectivity index (χ1n) is 5.68. The average molecular weight is 289 g/mol. The first-order valence-corrected chi connectivity index (χ1v) is 7.16. The van der Waals surface area contributed by atoms with E-state index in [2.05, 4.69) is 4.72 Å². The van der Waals surface area contributed by atoms with Gasteiger partial charge in [-0.05, 0) is 19.1 Å². The first kappa shape index (κ1) is 15.7. The maximum absolute atomic E-state index is 12.2. The van der Waals surface area contributed by atoms with Gasteiger partial charge in [0.2, 0.25) is 10.0 Å². The van der Waals surface area contributed by atoms with Gasteiger partial charge in [0.1, 0.15) is 16.4 Å². The molecule has 0 unspecified atom stereocenters. The highest BCUT2D eigenvalue weighted by Crippen LogP contribution is 2.33. The SMILES string of the molecule is COCCNS(=O)(=O)c1ccc(OC)c(C)c1OC. The molecule has 0 bridgehead atoms. The summed E-state index contributed by atoms with van der Waals surface area (Å²) in [7, 11) is 0.820. The molecular weight excluding hydrogens is 270 g/mol. The van der Waals surface area contributed by atoms with Crippen molar-refractivity contribution < 1.29 is 22.6 Å². The summed E-state index contributed by atoms with van der Waals surface area (Å²) in [6, 6.07) is 3.06. The Bertz CT molecular complexity index is 527. The van der Waals surface area contributed by atoms with Gasteiger partial charge in [0.05, 0.1) is 20.8 Å². The minimum Gasteiger partial charge on any atom is -0.496 e. The molecule has 0 heterocycles. The summed E-state index contributed by atoms with van der Waals surface area (Å²) in [6.45, 7) is 2.25. The van der Waals surface area contributed by atoms with E-state index < -0.39 is 10.0 Å².